The molecule has 1 unspecified atom stereocenters. The first-order valence-corrected chi connectivity index (χ1v) is 7.06. The van der Waals surface area contributed by atoms with Gasteiger partial charge in [-0.05, 0) is 37.5 Å². The van der Waals surface area contributed by atoms with E-state index in [9.17, 15) is 9.59 Å². The van der Waals surface area contributed by atoms with Crippen LogP contribution in [-0.4, -0.2) is 35.2 Å². The van der Waals surface area contributed by atoms with Crippen LogP contribution in [0.4, 0.5) is 0 Å². The number of carboxylic acid groups (broad SMARTS) is 1. The van der Waals surface area contributed by atoms with Gasteiger partial charge in [-0.15, -0.1) is 0 Å². The molecule has 1 aliphatic heterocycles. The second kappa shape index (κ2) is 5.49. The molecule has 0 bridgehead atoms. The molecule has 5 heteroatoms. The number of hydrogen-bond acceptors (Lipinski definition) is 3. The van der Waals surface area contributed by atoms with Crippen molar-refractivity contribution in [2.75, 3.05) is 0 Å². The normalized spacial score (nSPS) is 33.9. The largest absolute Gasteiger partial charge is 0.479 e. The van der Waals surface area contributed by atoms with Crippen molar-refractivity contribution in [2.24, 2.45) is 5.41 Å². The Bertz CT molecular complexity index is 366. The molecule has 1 heterocycles. The lowest BCUT2D eigenvalue weighted by Crippen LogP contribution is -2.45. The van der Waals surface area contributed by atoms with Gasteiger partial charge in [-0.1, -0.05) is 20.3 Å². The Balaban J connectivity index is 1.83. The zero-order chi connectivity index (χ0) is 14.0. The van der Waals surface area contributed by atoms with E-state index in [1.807, 2.05) is 0 Å². The molecule has 2 fully saturated rings. The molecule has 2 rings (SSSR count). The molecule has 0 aromatic carbocycles. The monoisotopic (exact) mass is 269 g/mol. The zero-order valence-corrected chi connectivity index (χ0v) is 11.6. The molecule has 0 spiro atoms. The zero-order valence-electron chi connectivity index (χ0n) is 11.6. The highest BCUT2D eigenvalue weighted by Gasteiger charge is 2.36. The number of rotatable bonds is 3. The SMILES string of the molecule is CC1(C)CCCC(NC(=O)[C@@H]2CC[C@H](C(=O)O)O2)C1. The molecule has 1 amide bonds. The summed E-state index contributed by atoms with van der Waals surface area (Å²) in [5.74, 6) is -1.12. The fourth-order valence-electron chi connectivity index (χ4n) is 3.13. The van der Waals surface area contributed by atoms with Crippen LogP contribution in [0.2, 0.25) is 0 Å². The van der Waals surface area contributed by atoms with E-state index >= 15 is 0 Å². The summed E-state index contributed by atoms with van der Waals surface area (Å²) in [5.41, 5.74) is 0.274. The van der Waals surface area contributed by atoms with Crippen molar-refractivity contribution in [1.82, 2.24) is 5.32 Å². The topological polar surface area (TPSA) is 75.6 Å². The molecule has 1 aliphatic carbocycles. The van der Waals surface area contributed by atoms with Crippen LogP contribution in [0.1, 0.15) is 52.4 Å². The van der Waals surface area contributed by atoms with E-state index in [2.05, 4.69) is 19.2 Å². The lowest BCUT2D eigenvalue weighted by Gasteiger charge is -2.35. The summed E-state index contributed by atoms with van der Waals surface area (Å²) in [5, 5.41) is 11.9. The van der Waals surface area contributed by atoms with Crippen LogP contribution in [0.3, 0.4) is 0 Å². The van der Waals surface area contributed by atoms with Crippen LogP contribution >= 0.6 is 0 Å². The predicted octanol–water partition coefficient (Wildman–Crippen LogP) is 1.70. The summed E-state index contributed by atoms with van der Waals surface area (Å²) in [6.07, 6.45) is 3.81. The van der Waals surface area contributed by atoms with Crippen LogP contribution in [-0.2, 0) is 14.3 Å². The maximum Gasteiger partial charge on any atom is 0.332 e. The van der Waals surface area contributed by atoms with E-state index in [4.69, 9.17) is 9.84 Å². The Morgan fingerprint density at radius 2 is 1.89 bits per heavy atom. The Labute approximate surface area is 113 Å². The minimum Gasteiger partial charge on any atom is -0.479 e. The van der Waals surface area contributed by atoms with Crippen LogP contribution in [0.25, 0.3) is 0 Å². The maximum atomic E-state index is 12.1. The Hall–Kier alpha value is -1.10. The van der Waals surface area contributed by atoms with E-state index in [0.29, 0.717) is 12.8 Å². The van der Waals surface area contributed by atoms with Gasteiger partial charge in [0.15, 0.2) is 6.10 Å². The predicted molar refractivity (Wildman–Crippen MR) is 69.7 cm³/mol. The van der Waals surface area contributed by atoms with Gasteiger partial charge >= 0.3 is 5.97 Å². The Morgan fingerprint density at radius 3 is 2.47 bits per heavy atom. The molecule has 0 aromatic heterocycles. The summed E-state index contributed by atoms with van der Waals surface area (Å²) in [7, 11) is 0. The lowest BCUT2D eigenvalue weighted by atomic mass is 9.75. The molecule has 1 saturated heterocycles. The average Bonchev–Trinajstić information content (AvgIpc) is 2.76. The van der Waals surface area contributed by atoms with Crippen molar-refractivity contribution in [3.05, 3.63) is 0 Å². The Kier molecular flexibility index (Phi) is 4.13. The highest BCUT2D eigenvalue weighted by molar-refractivity contribution is 5.82. The Morgan fingerprint density at radius 1 is 1.21 bits per heavy atom. The first-order valence-electron chi connectivity index (χ1n) is 7.06. The van der Waals surface area contributed by atoms with Crippen LogP contribution in [0, 0.1) is 5.41 Å². The molecule has 2 aliphatic rings. The highest BCUT2D eigenvalue weighted by atomic mass is 16.5. The van der Waals surface area contributed by atoms with Crippen molar-refractivity contribution >= 4 is 11.9 Å². The molecule has 1 saturated carbocycles. The molecule has 0 aromatic rings. The highest BCUT2D eigenvalue weighted by Crippen LogP contribution is 2.35. The van der Waals surface area contributed by atoms with Crippen LogP contribution in [0.5, 0.6) is 0 Å². The van der Waals surface area contributed by atoms with E-state index in [1.165, 1.54) is 6.42 Å². The number of nitrogens with one attached hydrogen (secondary N) is 1. The fraction of sp³-hybridized carbons (Fsp3) is 0.857. The fourth-order valence-corrected chi connectivity index (χ4v) is 3.13. The maximum absolute atomic E-state index is 12.1. The minimum absolute atomic E-state index is 0.147. The van der Waals surface area contributed by atoms with Crippen molar-refractivity contribution < 1.29 is 19.4 Å². The first-order chi connectivity index (χ1) is 8.87. The van der Waals surface area contributed by atoms with Gasteiger partial charge in [0.2, 0.25) is 5.91 Å². The van der Waals surface area contributed by atoms with E-state index in [-0.39, 0.29) is 17.4 Å². The standard InChI is InChI=1S/C14H23NO4/c1-14(2)7-3-4-9(8-14)15-12(16)10-5-6-11(19-10)13(17)18/h9-11H,3-8H2,1-2H3,(H,15,16)(H,17,18)/t9?,10-,11+/m0/s1. The van der Waals surface area contributed by atoms with Crippen LogP contribution in [0.15, 0.2) is 0 Å². The average molecular weight is 269 g/mol. The number of carbonyl (C=O) groups is 2. The summed E-state index contributed by atoms with van der Waals surface area (Å²) < 4.78 is 5.27. The van der Waals surface area contributed by atoms with Gasteiger partial charge in [-0.2, -0.15) is 0 Å². The lowest BCUT2D eigenvalue weighted by molar-refractivity contribution is -0.152. The molecular weight excluding hydrogens is 246 g/mol. The van der Waals surface area contributed by atoms with E-state index in [0.717, 1.165) is 19.3 Å². The number of aliphatic carboxylic acids is 1. The second-order valence-corrected chi connectivity index (χ2v) is 6.50. The van der Waals surface area contributed by atoms with Gasteiger partial charge < -0.3 is 15.2 Å². The molecule has 19 heavy (non-hydrogen) atoms. The summed E-state index contributed by atoms with van der Waals surface area (Å²) in [6.45, 7) is 4.44. The molecule has 5 nitrogen and oxygen atoms in total. The van der Waals surface area contributed by atoms with E-state index in [1.54, 1.807) is 0 Å². The smallest absolute Gasteiger partial charge is 0.332 e. The van der Waals surface area contributed by atoms with Gasteiger partial charge in [0.05, 0.1) is 0 Å². The van der Waals surface area contributed by atoms with Crippen molar-refractivity contribution in [3.63, 3.8) is 0 Å². The first kappa shape index (κ1) is 14.3. The van der Waals surface area contributed by atoms with Gasteiger partial charge in [0.1, 0.15) is 6.10 Å². The van der Waals surface area contributed by atoms with Crippen molar-refractivity contribution in [1.29, 1.82) is 0 Å². The van der Waals surface area contributed by atoms with Crippen molar-refractivity contribution in [2.45, 2.75) is 70.6 Å². The summed E-state index contributed by atoms with van der Waals surface area (Å²) in [4.78, 5) is 22.9. The van der Waals surface area contributed by atoms with Gasteiger partial charge in [0.25, 0.3) is 0 Å². The molecule has 3 atom stereocenters. The summed E-state index contributed by atoms with van der Waals surface area (Å²) in [6, 6.07) is 0.198. The van der Waals surface area contributed by atoms with Gasteiger partial charge in [-0.3, -0.25) is 4.79 Å². The number of carbonyl (C=O) groups excluding carboxylic acids is 1. The third-order valence-electron chi connectivity index (χ3n) is 4.14. The van der Waals surface area contributed by atoms with E-state index < -0.39 is 18.2 Å². The molecule has 0 radical (unpaired) electrons. The molecule has 108 valence electrons. The van der Waals surface area contributed by atoms with Gasteiger partial charge in [-0.25, -0.2) is 4.79 Å². The number of ether oxygens (including phenoxy) is 1. The molecule has 2 N–H and O–H groups in total. The molecular formula is C14H23NO4. The third kappa shape index (κ3) is 3.69. The second-order valence-electron chi connectivity index (χ2n) is 6.50. The number of hydrogen-bond donors (Lipinski definition) is 2. The summed E-state index contributed by atoms with van der Waals surface area (Å²) >= 11 is 0. The number of amides is 1. The van der Waals surface area contributed by atoms with Gasteiger partial charge in [0, 0.05) is 6.04 Å². The minimum atomic E-state index is -0.978. The van der Waals surface area contributed by atoms with Crippen LogP contribution < -0.4 is 5.32 Å². The quantitative estimate of drug-likeness (QED) is 0.817. The number of carboxylic acids is 1. The van der Waals surface area contributed by atoms with Crippen molar-refractivity contribution in [3.8, 4) is 0 Å². The third-order valence-corrected chi connectivity index (χ3v) is 4.14.